The zero-order valence-corrected chi connectivity index (χ0v) is 17.0. The molecule has 1 unspecified atom stereocenters. The summed E-state index contributed by atoms with van der Waals surface area (Å²) in [5.41, 5.74) is 4.92. The largest absolute Gasteiger partial charge is 0.493 e. The predicted octanol–water partition coefficient (Wildman–Crippen LogP) is 2.68. The molecule has 9 heteroatoms. The summed E-state index contributed by atoms with van der Waals surface area (Å²) < 4.78 is 29.3. The van der Waals surface area contributed by atoms with E-state index in [0.717, 1.165) is 0 Å². The SMILES string of the molecule is COc1cc(I)c(C(=O)NNC(=O)C(C)Oc2ccc(F)cc2)cc1OC. The Morgan fingerprint density at radius 3 is 2.22 bits per heavy atom. The molecule has 144 valence electrons. The highest BCUT2D eigenvalue weighted by Crippen LogP contribution is 2.31. The van der Waals surface area contributed by atoms with Crippen molar-refractivity contribution in [2.75, 3.05) is 14.2 Å². The third kappa shape index (κ3) is 5.46. The Morgan fingerprint density at radius 2 is 1.63 bits per heavy atom. The summed E-state index contributed by atoms with van der Waals surface area (Å²) in [6.07, 6.45) is -0.903. The van der Waals surface area contributed by atoms with Crippen molar-refractivity contribution in [3.63, 3.8) is 0 Å². The highest BCUT2D eigenvalue weighted by molar-refractivity contribution is 14.1. The number of ether oxygens (including phenoxy) is 3. The topological polar surface area (TPSA) is 85.9 Å². The average Bonchev–Trinajstić information content (AvgIpc) is 2.67. The van der Waals surface area contributed by atoms with E-state index in [1.807, 2.05) is 22.6 Å². The second-order valence-electron chi connectivity index (χ2n) is 5.34. The van der Waals surface area contributed by atoms with Crippen molar-refractivity contribution in [1.29, 1.82) is 0 Å². The number of hydrogen-bond donors (Lipinski definition) is 2. The molecule has 0 spiro atoms. The quantitative estimate of drug-likeness (QED) is 0.483. The highest BCUT2D eigenvalue weighted by Gasteiger charge is 2.19. The lowest BCUT2D eigenvalue weighted by atomic mass is 10.2. The molecule has 0 fully saturated rings. The van der Waals surface area contributed by atoms with Crippen molar-refractivity contribution < 1.29 is 28.2 Å². The smallest absolute Gasteiger partial charge is 0.279 e. The van der Waals surface area contributed by atoms with Gasteiger partial charge < -0.3 is 14.2 Å². The third-order valence-electron chi connectivity index (χ3n) is 3.51. The number of nitrogens with one attached hydrogen (secondary N) is 2. The Morgan fingerprint density at radius 1 is 1.04 bits per heavy atom. The zero-order valence-electron chi connectivity index (χ0n) is 14.8. The zero-order chi connectivity index (χ0) is 20.0. The van der Waals surface area contributed by atoms with E-state index in [1.165, 1.54) is 51.5 Å². The first-order valence-corrected chi connectivity index (χ1v) is 8.87. The van der Waals surface area contributed by atoms with Crippen LogP contribution >= 0.6 is 22.6 Å². The van der Waals surface area contributed by atoms with Gasteiger partial charge in [-0.15, -0.1) is 0 Å². The minimum absolute atomic E-state index is 0.306. The van der Waals surface area contributed by atoms with Gasteiger partial charge in [-0.2, -0.15) is 0 Å². The fourth-order valence-electron chi connectivity index (χ4n) is 2.09. The van der Waals surface area contributed by atoms with E-state index in [1.54, 1.807) is 6.07 Å². The Hall–Kier alpha value is -2.56. The number of carbonyl (C=O) groups excluding carboxylic acids is 2. The number of carbonyl (C=O) groups is 2. The van der Waals surface area contributed by atoms with Crippen LogP contribution in [0.15, 0.2) is 36.4 Å². The molecule has 0 bridgehead atoms. The Kier molecular flexibility index (Phi) is 7.22. The Labute approximate surface area is 169 Å². The molecule has 0 aromatic heterocycles. The molecule has 0 saturated carbocycles. The molecule has 7 nitrogen and oxygen atoms in total. The molecule has 0 aliphatic carbocycles. The normalized spacial score (nSPS) is 11.3. The number of methoxy groups -OCH3 is 2. The number of benzene rings is 2. The van der Waals surface area contributed by atoms with Crippen molar-refractivity contribution in [2.45, 2.75) is 13.0 Å². The molecule has 2 rings (SSSR count). The van der Waals surface area contributed by atoms with Crippen LogP contribution in [-0.4, -0.2) is 32.1 Å². The van der Waals surface area contributed by atoms with E-state index in [2.05, 4.69) is 10.9 Å². The lowest BCUT2D eigenvalue weighted by Crippen LogP contribution is -2.47. The van der Waals surface area contributed by atoms with Crippen LogP contribution in [0.1, 0.15) is 17.3 Å². The summed E-state index contributed by atoms with van der Waals surface area (Å²) in [5.74, 6) is -0.284. The molecule has 1 atom stereocenters. The van der Waals surface area contributed by atoms with Gasteiger partial charge in [0.1, 0.15) is 11.6 Å². The van der Waals surface area contributed by atoms with Gasteiger partial charge in [0.2, 0.25) is 0 Å². The van der Waals surface area contributed by atoms with Gasteiger partial charge in [-0.1, -0.05) is 0 Å². The highest BCUT2D eigenvalue weighted by atomic mass is 127. The number of hydrazine groups is 1. The molecular weight excluding hydrogens is 470 g/mol. The van der Waals surface area contributed by atoms with Gasteiger partial charge in [0.15, 0.2) is 17.6 Å². The molecular formula is C18H18FIN2O5. The summed E-state index contributed by atoms with van der Waals surface area (Å²) in [4.78, 5) is 24.4. The molecule has 0 heterocycles. The van der Waals surface area contributed by atoms with Gasteiger partial charge in [-0.25, -0.2) is 4.39 Å². The van der Waals surface area contributed by atoms with Crippen LogP contribution in [0.2, 0.25) is 0 Å². The fourth-order valence-corrected chi connectivity index (χ4v) is 2.77. The van der Waals surface area contributed by atoms with Crippen molar-refractivity contribution in [3.05, 3.63) is 51.3 Å². The predicted molar refractivity (Wildman–Crippen MR) is 104 cm³/mol. The van der Waals surface area contributed by atoms with E-state index >= 15 is 0 Å². The van der Waals surface area contributed by atoms with Gasteiger partial charge in [-0.05, 0) is 65.9 Å². The summed E-state index contributed by atoms with van der Waals surface area (Å²) in [6, 6.07) is 8.42. The van der Waals surface area contributed by atoms with Crippen LogP contribution in [0.4, 0.5) is 4.39 Å². The van der Waals surface area contributed by atoms with Gasteiger partial charge >= 0.3 is 0 Å². The van der Waals surface area contributed by atoms with Crippen LogP contribution in [0.25, 0.3) is 0 Å². The van der Waals surface area contributed by atoms with Crippen LogP contribution in [-0.2, 0) is 4.79 Å². The molecule has 27 heavy (non-hydrogen) atoms. The lowest BCUT2D eigenvalue weighted by Gasteiger charge is -2.16. The monoisotopic (exact) mass is 488 g/mol. The van der Waals surface area contributed by atoms with Crippen molar-refractivity contribution in [1.82, 2.24) is 10.9 Å². The van der Waals surface area contributed by atoms with Crippen LogP contribution in [0.5, 0.6) is 17.2 Å². The van der Waals surface area contributed by atoms with Gasteiger partial charge in [-0.3, -0.25) is 20.4 Å². The van der Waals surface area contributed by atoms with Crippen molar-refractivity contribution in [2.24, 2.45) is 0 Å². The fraction of sp³-hybridized carbons (Fsp3) is 0.222. The standard InChI is InChI=1S/C18H18FIN2O5/c1-10(27-12-6-4-11(19)5-7-12)17(23)21-22-18(24)13-8-15(25-2)16(26-3)9-14(13)20/h4-10H,1-3H3,(H,21,23)(H,22,24). The second-order valence-corrected chi connectivity index (χ2v) is 6.51. The van der Waals surface area contributed by atoms with E-state index in [0.29, 0.717) is 26.4 Å². The number of hydrogen-bond acceptors (Lipinski definition) is 5. The summed E-state index contributed by atoms with van der Waals surface area (Å²) in [5, 5.41) is 0. The second kappa shape index (κ2) is 9.40. The first-order chi connectivity index (χ1) is 12.8. The first kappa shape index (κ1) is 20.7. The molecule has 0 aliphatic heterocycles. The minimum Gasteiger partial charge on any atom is -0.493 e. The molecule has 2 aromatic carbocycles. The molecule has 0 aliphatic rings. The van der Waals surface area contributed by atoms with Gasteiger partial charge in [0, 0.05) is 3.57 Å². The maximum Gasteiger partial charge on any atom is 0.279 e. The summed E-state index contributed by atoms with van der Waals surface area (Å²) in [7, 11) is 2.96. The summed E-state index contributed by atoms with van der Waals surface area (Å²) >= 11 is 1.98. The van der Waals surface area contributed by atoms with E-state index in [-0.39, 0.29) is 0 Å². The average molecular weight is 488 g/mol. The van der Waals surface area contributed by atoms with Gasteiger partial charge in [0.25, 0.3) is 11.8 Å². The van der Waals surface area contributed by atoms with E-state index < -0.39 is 23.7 Å². The van der Waals surface area contributed by atoms with Crippen molar-refractivity contribution in [3.8, 4) is 17.2 Å². The van der Waals surface area contributed by atoms with Crippen molar-refractivity contribution >= 4 is 34.4 Å². The molecule has 2 N–H and O–H groups in total. The molecule has 2 aromatic rings. The van der Waals surface area contributed by atoms with E-state index in [4.69, 9.17) is 14.2 Å². The molecule has 0 saturated heterocycles. The third-order valence-corrected chi connectivity index (χ3v) is 4.41. The number of amides is 2. The molecule has 0 radical (unpaired) electrons. The molecule has 2 amide bonds. The number of rotatable bonds is 6. The van der Waals surface area contributed by atoms with Crippen LogP contribution in [0, 0.1) is 9.39 Å². The van der Waals surface area contributed by atoms with E-state index in [9.17, 15) is 14.0 Å². The van der Waals surface area contributed by atoms with Gasteiger partial charge in [0.05, 0.1) is 19.8 Å². The lowest BCUT2D eigenvalue weighted by molar-refractivity contribution is -0.128. The maximum atomic E-state index is 12.9. The number of halogens is 2. The Bertz CT molecular complexity index is 829. The van der Waals surface area contributed by atoms with Crippen LogP contribution < -0.4 is 25.1 Å². The maximum absolute atomic E-state index is 12.9. The summed E-state index contributed by atoms with van der Waals surface area (Å²) in [6.45, 7) is 1.50. The van der Waals surface area contributed by atoms with Crippen LogP contribution in [0.3, 0.4) is 0 Å². The minimum atomic E-state index is -0.903. The Balaban J connectivity index is 1.98. The first-order valence-electron chi connectivity index (χ1n) is 7.79.